The Bertz CT molecular complexity index is 1650. The summed E-state index contributed by atoms with van der Waals surface area (Å²) in [4.78, 5) is 34.4. The Balaban J connectivity index is 1.29. The molecular weight excluding hydrogens is 576 g/mol. The van der Waals surface area contributed by atoms with E-state index in [9.17, 15) is 14.5 Å². The summed E-state index contributed by atoms with van der Waals surface area (Å²) in [5.74, 6) is -0.138. The first-order valence-corrected chi connectivity index (χ1v) is 14.4. The van der Waals surface area contributed by atoms with Crippen LogP contribution in [0.2, 0.25) is 0 Å². The van der Waals surface area contributed by atoms with Crippen LogP contribution in [0.25, 0.3) is 22.3 Å². The summed E-state index contributed by atoms with van der Waals surface area (Å²) >= 11 is 0. The first kappa shape index (κ1) is 27.1. The normalized spacial score (nSPS) is 32.9. The number of fused-ring (bicyclic) bond motifs is 3. The first-order chi connectivity index (χ1) is 19.1. The molecular formula is C20H24F2N10O6P2. The molecule has 0 aliphatic carbocycles. The molecule has 0 aromatic carbocycles. The zero-order chi connectivity index (χ0) is 28.3. The van der Waals surface area contributed by atoms with Crippen LogP contribution in [0.4, 0.5) is 20.5 Å². The lowest BCUT2D eigenvalue weighted by Gasteiger charge is -2.33. The summed E-state index contributed by atoms with van der Waals surface area (Å²) in [5, 5.41) is 11.1. The molecule has 0 bridgehead atoms. The van der Waals surface area contributed by atoms with Gasteiger partial charge in [0.25, 0.3) is 5.56 Å². The third kappa shape index (κ3) is 4.54. The summed E-state index contributed by atoms with van der Waals surface area (Å²) in [6.07, 6.45) is -5.63. The molecule has 6 heterocycles. The van der Waals surface area contributed by atoms with Crippen LogP contribution in [0.15, 0.2) is 23.8 Å². The summed E-state index contributed by atoms with van der Waals surface area (Å²) < 4.78 is 63.7. The molecule has 10 atom stereocenters. The van der Waals surface area contributed by atoms with Gasteiger partial charge < -0.3 is 25.8 Å². The SMILES string of the molecule is CC1PC2[C@@H](CO[PH](=O)O[C@@H]([C@@H](O)n3cnc4c(=O)[nH]c(N)nc43)[C@H]1F)O[C@@H](n1cnc3c(N)ncnc31)[C@H]2F. The number of nitrogens with two attached hydrogens (primary N) is 2. The summed E-state index contributed by atoms with van der Waals surface area (Å²) in [7, 11) is -3.78. The van der Waals surface area contributed by atoms with Gasteiger partial charge in [-0.1, -0.05) is 6.92 Å². The number of hydrogen-bond acceptors (Lipinski definition) is 13. The Labute approximate surface area is 225 Å². The van der Waals surface area contributed by atoms with Crippen molar-refractivity contribution in [2.75, 3.05) is 18.1 Å². The number of ether oxygens (including phenoxy) is 1. The molecule has 2 saturated heterocycles. The maximum atomic E-state index is 16.0. The molecule has 2 aliphatic rings. The highest BCUT2D eigenvalue weighted by atomic mass is 31.1. The fourth-order valence-corrected chi connectivity index (χ4v) is 7.46. The number of aliphatic hydroxyl groups excluding tert-OH is 1. The first-order valence-electron chi connectivity index (χ1n) is 12.0. The highest BCUT2D eigenvalue weighted by Gasteiger charge is 2.49. The Morgan fingerprint density at radius 2 is 1.95 bits per heavy atom. The number of H-pyrrole nitrogens is 1. The Morgan fingerprint density at radius 3 is 2.75 bits per heavy atom. The Kier molecular flexibility index (Phi) is 7.01. The maximum Gasteiger partial charge on any atom is 0.319 e. The highest BCUT2D eigenvalue weighted by molar-refractivity contribution is 7.40. The number of aromatic amines is 1. The van der Waals surface area contributed by atoms with Crippen molar-refractivity contribution in [3.05, 3.63) is 29.3 Å². The third-order valence-corrected chi connectivity index (χ3v) is 9.65. The van der Waals surface area contributed by atoms with E-state index < -0.39 is 62.1 Å². The van der Waals surface area contributed by atoms with Gasteiger partial charge >= 0.3 is 8.25 Å². The van der Waals surface area contributed by atoms with Crippen molar-refractivity contribution in [3.63, 3.8) is 0 Å². The van der Waals surface area contributed by atoms with E-state index in [1.165, 1.54) is 24.1 Å². The molecule has 4 unspecified atom stereocenters. The van der Waals surface area contributed by atoms with Crippen LogP contribution in [0, 0.1) is 0 Å². The average Bonchev–Trinajstić information content (AvgIpc) is 3.62. The predicted molar refractivity (Wildman–Crippen MR) is 139 cm³/mol. The van der Waals surface area contributed by atoms with Crippen molar-refractivity contribution in [1.29, 1.82) is 0 Å². The number of nitrogen functional groups attached to an aromatic ring is 2. The molecule has 2 aliphatic heterocycles. The minimum Gasteiger partial charge on any atom is -0.382 e. The number of anilines is 2. The number of rotatable bonds is 3. The zero-order valence-corrected chi connectivity index (χ0v) is 22.6. The second-order valence-corrected chi connectivity index (χ2v) is 12.3. The van der Waals surface area contributed by atoms with E-state index in [0.717, 1.165) is 10.9 Å². The quantitative estimate of drug-likeness (QED) is 0.234. The van der Waals surface area contributed by atoms with Crippen molar-refractivity contribution < 1.29 is 32.2 Å². The largest absolute Gasteiger partial charge is 0.382 e. The predicted octanol–water partition coefficient (Wildman–Crippen LogP) is 0.429. The average molecular weight is 600 g/mol. The fraction of sp³-hybridized carbons (Fsp3) is 0.500. The van der Waals surface area contributed by atoms with E-state index in [4.69, 9.17) is 25.3 Å². The van der Waals surface area contributed by atoms with Crippen LogP contribution in [0.5, 0.6) is 0 Å². The fourth-order valence-electron chi connectivity index (χ4n) is 4.90. The van der Waals surface area contributed by atoms with Gasteiger partial charge in [0.1, 0.15) is 24.1 Å². The molecule has 20 heteroatoms. The van der Waals surface area contributed by atoms with Gasteiger partial charge in [0.2, 0.25) is 5.95 Å². The number of aliphatic hydroxyl groups is 1. The summed E-state index contributed by atoms with van der Waals surface area (Å²) in [6.45, 7) is 1.21. The van der Waals surface area contributed by atoms with E-state index in [-0.39, 0.29) is 49.3 Å². The lowest BCUT2D eigenvalue weighted by molar-refractivity contribution is -0.0600. The lowest BCUT2D eigenvalue weighted by Crippen LogP contribution is -2.41. The van der Waals surface area contributed by atoms with Gasteiger partial charge in [-0.2, -0.15) is 4.98 Å². The summed E-state index contributed by atoms with van der Waals surface area (Å²) in [5.41, 5.74) is 9.29. The van der Waals surface area contributed by atoms with Gasteiger partial charge in [-0.3, -0.25) is 28.0 Å². The molecule has 6 rings (SSSR count). The van der Waals surface area contributed by atoms with Crippen LogP contribution in [-0.2, 0) is 18.3 Å². The van der Waals surface area contributed by atoms with Gasteiger partial charge in [0.05, 0.1) is 25.4 Å². The van der Waals surface area contributed by atoms with Gasteiger partial charge in [-0.05, 0) is 0 Å². The van der Waals surface area contributed by atoms with Crippen molar-refractivity contribution in [1.82, 2.24) is 39.0 Å². The molecule has 4 aromatic heterocycles. The summed E-state index contributed by atoms with van der Waals surface area (Å²) in [6, 6.07) is 0. The number of nitrogens with zero attached hydrogens (tertiary/aromatic N) is 7. The van der Waals surface area contributed by atoms with E-state index in [1.54, 1.807) is 0 Å². The van der Waals surface area contributed by atoms with Crippen molar-refractivity contribution in [2.45, 2.75) is 55.2 Å². The monoisotopic (exact) mass is 600 g/mol. The van der Waals surface area contributed by atoms with E-state index >= 15 is 8.78 Å². The number of aromatic nitrogens is 8. The van der Waals surface area contributed by atoms with E-state index in [2.05, 4.69) is 29.9 Å². The topological polar surface area (TPSA) is 224 Å². The molecule has 0 amide bonds. The minimum absolute atomic E-state index is 0.115. The number of nitrogens with one attached hydrogen (secondary N) is 1. The van der Waals surface area contributed by atoms with Crippen LogP contribution in [0.3, 0.4) is 0 Å². The molecule has 0 radical (unpaired) electrons. The lowest BCUT2D eigenvalue weighted by atomic mass is 10.1. The van der Waals surface area contributed by atoms with Gasteiger partial charge in [-0.25, -0.2) is 28.7 Å². The van der Waals surface area contributed by atoms with Crippen LogP contribution < -0.4 is 17.0 Å². The number of hydrogen-bond donors (Lipinski definition) is 4. The Hall–Kier alpha value is -3.14. The third-order valence-electron chi connectivity index (χ3n) is 6.87. The maximum absolute atomic E-state index is 16.0. The molecule has 16 nitrogen and oxygen atoms in total. The second-order valence-electron chi connectivity index (χ2n) is 9.35. The van der Waals surface area contributed by atoms with Crippen LogP contribution >= 0.6 is 16.8 Å². The molecule has 6 N–H and O–H groups in total. The van der Waals surface area contributed by atoms with Crippen LogP contribution in [-0.4, -0.2) is 86.6 Å². The molecule has 214 valence electrons. The molecule has 40 heavy (non-hydrogen) atoms. The number of imidazole rings is 2. The molecule has 4 aromatic rings. The van der Waals surface area contributed by atoms with Crippen molar-refractivity contribution in [2.24, 2.45) is 0 Å². The molecule has 2 fully saturated rings. The number of alkyl halides is 2. The Morgan fingerprint density at radius 1 is 1.18 bits per heavy atom. The van der Waals surface area contributed by atoms with Crippen molar-refractivity contribution in [3.8, 4) is 0 Å². The van der Waals surface area contributed by atoms with Crippen LogP contribution in [0.1, 0.15) is 19.4 Å². The minimum atomic E-state index is -3.42. The van der Waals surface area contributed by atoms with Crippen molar-refractivity contribution >= 4 is 50.9 Å². The van der Waals surface area contributed by atoms with Gasteiger partial charge in [-0.15, -0.1) is 8.58 Å². The number of halogens is 2. The second kappa shape index (κ2) is 10.4. The van der Waals surface area contributed by atoms with E-state index in [0.29, 0.717) is 0 Å². The van der Waals surface area contributed by atoms with Gasteiger partial charge in [0.15, 0.2) is 41.3 Å². The van der Waals surface area contributed by atoms with Gasteiger partial charge in [0, 0.05) is 11.3 Å². The molecule has 0 saturated carbocycles. The standard InChI is InChI=1S/C20H24F2N10O6P2/c1-6-8(21)12(18(34)31-4-28-11-16(31)29-20(24)30-17(11)33)38-40(35)36-2-7-13(39-6)9(22)19(37-7)32-5-27-10-14(23)25-3-26-15(10)32/h3-9,12-13,18-19,34,39-40H,2H2,1H3,(H2,23,25,26)(H3,24,29,30,33)/t6?,7-,8+,9+,12-,13?,18-,19-/m1/s1. The zero-order valence-electron chi connectivity index (χ0n) is 20.6. The molecule has 0 spiro atoms. The smallest absolute Gasteiger partial charge is 0.319 e. The van der Waals surface area contributed by atoms with E-state index in [1.807, 2.05) is 0 Å². The highest BCUT2D eigenvalue weighted by Crippen LogP contribution is 2.48.